The Kier molecular flexibility index (Phi) is 4.07. The fourth-order valence-corrected chi connectivity index (χ4v) is 3.15. The van der Waals surface area contributed by atoms with Crippen molar-refractivity contribution < 1.29 is 13.2 Å². The number of nitrogens with one attached hydrogen (secondary N) is 1. The second kappa shape index (κ2) is 4.89. The van der Waals surface area contributed by atoms with Gasteiger partial charge in [-0.3, -0.25) is 4.79 Å². The molecule has 0 saturated heterocycles. The van der Waals surface area contributed by atoms with Crippen LogP contribution in [0.15, 0.2) is 0 Å². The summed E-state index contributed by atoms with van der Waals surface area (Å²) < 4.78 is 25.3. The molecule has 82 valence electrons. The van der Waals surface area contributed by atoms with Crippen LogP contribution in [0.1, 0.15) is 39.0 Å². The molecule has 1 saturated carbocycles. The van der Waals surface area contributed by atoms with Gasteiger partial charge in [-0.2, -0.15) is 0 Å². The molecular weight excluding hydrogens is 202 g/mol. The fourth-order valence-electron chi connectivity index (χ4n) is 1.78. The van der Waals surface area contributed by atoms with E-state index in [1.165, 1.54) is 13.3 Å². The van der Waals surface area contributed by atoms with Crippen LogP contribution in [0.2, 0.25) is 0 Å². The zero-order chi connectivity index (χ0) is 10.6. The Morgan fingerprint density at radius 2 is 1.86 bits per heavy atom. The summed E-state index contributed by atoms with van der Waals surface area (Å²) in [6.07, 6.45) is 5.14. The van der Waals surface area contributed by atoms with Crippen molar-refractivity contribution in [1.29, 1.82) is 0 Å². The Labute approximate surface area is 85.1 Å². The Hall–Kier alpha value is -0.420. The van der Waals surface area contributed by atoms with Gasteiger partial charge in [-0.15, -0.1) is 0 Å². The van der Waals surface area contributed by atoms with Crippen molar-refractivity contribution in [2.24, 2.45) is 0 Å². The second-order valence-corrected chi connectivity index (χ2v) is 5.67. The number of hydrogen-bond acceptors (Lipinski definition) is 3. The first kappa shape index (κ1) is 11.7. The molecule has 1 fully saturated rings. The van der Waals surface area contributed by atoms with Gasteiger partial charge in [0.25, 0.3) is 0 Å². The van der Waals surface area contributed by atoms with E-state index in [-0.39, 0.29) is 17.6 Å². The van der Waals surface area contributed by atoms with Crippen LogP contribution in [0.5, 0.6) is 0 Å². The molecule has 0 atom stereocenters. The van der Waals surface area contributed by atoms with E-state index in [9.17, 15) is 13.2 Å². The molecule has 0 aliphatic heterocycles. The second-order valence-electron chi connectivity index (χ2n) is 3.91. The molecule has 0 amide bonds. The van der Waals surface area contributed by atoms with E-state index < -0.39 is 10.0 Å². The van der Waals surface area contributed by atoms with Crippen LogP contribution < -0.4 is 4.72 Å². The van der Waals surface area contributed by atoms with Gasteiger partial charge in [0.1, 0.15) is 11.5 Å². The van der Waals surface area contributed by atoms with Gasteiger partial charge in [0.05, 0.1) is 0 Å². The van der Waals surface area contributed by atoms with E-state index in [2.05, 4.69) is 4.72 Å². The van der Waals surface area contributed by atoms with Crippen molar-refractivity contribution >= 4 is 15.8 Å². The summed E-state index contributed by atoms with van der Waals surface area (Å²) in [7, 11) is -3.38. The molecule has 1 aliphatic carbocycles. The molecule has 0 aromatic rings. The average molecular weight is 219 g/mol. The number of Topliss-reactive ketones (excluding diaryl/α,β-unsaturated/α-hetero) is 1. The van der Waals surface area contributed by atoms with Gasteiger partial charge in [-0.05, 0) is 19.8 Å². The van der Waals surface area contributed by atoms with Gasteiger partial charge >= 0.3 is 0 Å². The van der Waals surface area contributed by atoms with Crippen LogP contribution in [0.25, 0.3) is 0 Å². The maximum atomic E-state index is 11.4. The summed E-state index contributed by atoms with van der Waals surface area (Å²) in [4.78, 5) is 10.7. The summed E-state index contributed by atoms with van der Waals surface area (Å²) in [6.45, 7) is 1.29. The van der Waals surface area contributed by atoms with Crippen molar-refractivity contribution in [2.75, 3.05) is 5.75 Å². The molecule has 14 heavy (non-hydrogen) atoms. The SMILES string of the molecule is CC(=O)CS(=O)(=O)NC1CCCCC1. The first-order valence-electron chi connectivity index (χ1n) is 4.99. The molecule has 0 radical (unpaired) electrons. The number of carbonyl (C=O) groups is 1. The van der Waals surface area contributed by atoms with Gasteiger partial charge < -0.3 is 0 Å². The molecule has 0 heterocycles. The van der Waals surface area contributed by atoms with Crippen LogP contribution in [0.4, 0.5) is 0 Å². The molecule has 1 N–H and O–H groups in total. The topological polar surface area (TPSA) is 63.2 Å². The molecule has 0 aromatic carbocycles. The summed E-state index contributed by atoms with van der Waals surface area (Å²) in [5, 5.41) is 0. The van der Waals surface area contributed by atoms with Gasteiger partial charge in [0.2, 0.25) is 10.0 Å². The molecule has 0 aromatic heterocycles. The summed E-state index contributed by atoms with van der Waals surface area (Å²) in [5.41, 5.74) is 0. The van der Waals surface area contributed by atoms with Gasteiger partial charge in [0.15, 0.2) is 0 Å². The van der Waals surface area contributed by atoms with Crippen molar-refractivity contribution in [3.8, 4) is 0 Å². The number of rotatable bonds is 4. The molecule has 0 unspecified atom stereocenters. The van der Waals surface area contributed by atoms with Crippen LogP contribution in [-0.2, 0) is 14.8 Å². The number of ketones is 1. The third-order valence-electron chi connectivity index (χ3n) is 2.34. The van der Waals surface area contributed by atoms with E-state index in [0.29, 0.717) is 0 Å². The molecule has 4 nitrogen and oxygen atoms in total. The first-order chi connectivity index (χ1) is 6.49. The number of sulfonamides is 1. The van der Waals surface area contributed by atoms with Crippen LogP contribution in [0, 0.1) is 0 Å². The summed E-state index contributed by atoms with van der Waals surface area (Å²) in [6, 6.07) is 0.0492. The first-order valence-corrected chi connectivity index (χ1v) is 6.64. The molecular formula is C9H17NO3S. The Bertz CT molecular complexity index is 291. The lowest BCUT2D eigenvalue weighted by Crippen LogP contribution is -2.38. The van der Waals surface area contributed by atoms with Crippen molar-refractivity contribution in [2.45, 2.75) is 45.1 Å². The van der Waals surface area contributed by atoms with E-state index in [1.54, 1.807) is 0 Å². The van der Waals surface area contributed by atoms with Crippen LogP contribution in [0.3, 0.4) is 0 Å². The minimum absolute atomic E-state index is 0.0492. The smallest absolute Gasteiger partial charge is 0.218 e. The Balaban J connectivity index is 2.45. The van der Waals surface area contributed by atoms with E-state index >= 15 is 0 Å². The molecule has 1 aliphatic rings. The monoisotopic (exact) mass is 219 g/mol. The highest BCUT2D eigenvalue weighted by Crippen LogP contribution is 2.17. The average Bonchev–Trinajstić information content (AvgIpc) is 2.02. The van der Waals surface area contributed by atoms with Crippen molar-refractivity contribution in [3.63, 3.8) is 0 Å². The maximum absolute atomic E-state index is 11.4. The van der Waals surface area contributed by atoms with Gasteiger partial charge in [-0.25, -0.2) is 13.1 Å². The van der Waals surface area contributed by atoms with Crippen molar-refractivity contribution in [3.05, 3.63) is 0 Å². The lowest BCUT2D eigenvalue weighted by molar-refractivity contribution is -0.114. The maximum Gasteiger partial charge on any atom is 0.218 e. The van der Waals surface area contributed by atoms with Crippen LogP contribution in [-0.4, -0.2) is 26.0 Å². The zero-order valence-corrected chi connectivity index (χ0v) is 9.27. The summed E-state index contributed by atoms with van der Waals surface area (Å²) >= 11 is 0. The Morgan fingerprint density at radius 3 is 2.36 bits per heavy atom. The minimum atomic E-state index is -3.38. The van der Waals surface area contributed by atoms with Gasteiger partial charge in [-0.1, -0.05) is 19.3 Å². The molecule has 5 heteroatoms. The fraction of sp³-hybridized carbons (Fsp3) is 0.889. The predicted molar refractivity (Wildman–Crippen MR) is 54.5 cm³/mol. The highest BCUT2D eigenvalue weighted by Gasteiger charge is 2.20. The standard InChI is InChI=1S/C9H17NO3S/c1-8(11)7-14(12,13)10-9-5-3-2-4-6-9/h9-10H,2-7H2,1H3. The Morgan fingerprint density at radius 1 is 1.29 bits per heavy atom. The summed E-state index contributed by atoms with van der Waals surface area (Å²) in [5.74, 6) is -0.697. The molecule has 0 bridgehead atoms. The zero-order valence-electron chi connectivity index (χ0n) is 8.45. The third kappa shape index (κ3) is 4.19. The highest BCUT2D eigenvalue weighted by atomic mass is 32.2. The lowest BCUT2D eigenvalue weighted by Gasteiger charge is -2.22. The lowest BCUT2D eigenvalue weighted by atomic mass is 9.96. The number of carbonyl (C=O) groups excluding carboxylic acids is 1. The van der Waals surface area contributed by atoms with Crippen molar-refractivity contribution in [1.82, 2.24) is 4.72 Å². The van der Waals surface area contributed by atoms with E-state index in [0.717, 1.165) is 25.7 Å². The number of hydrogen-bond donors (Lipinski definition) is 1. The van der Waals surface area contributed by atoms with Crippen LogP contribution >= 0.6 is 0 Å². The van der Waals surface area contributed by atoms with E-state index in [4.69, 9.17) is 0 Å². The molecule has 1 rings (SSSR count). The quantitative estimate of drug-likeness (QED) is 0.761. The third-order valence-corrected chi connectivity index (χ3v) is 3.82. The predicted octanol–water partition coefficient (Wildman–Crippen LogP) is 0.827. The highest BCUT2D eigenvalue weighted by molar-refractivity contribution is 7.90. The largest absolute Gasteiger partial charge is 0.299 e. The van der Waals surface area contributed by atoms with E-state index in [1.807, 2.05) is 0 Å². The normalized spacial score (nSPS) is 19.5. The van der Waals surface area contributed by atoms with Gasteiger partial charge in [0, 0.05) is 6.04 Å². The minimum Gasteiger partial charge on any atom is -0.299 e. The molecule has 0 spiro atoms.